The minimum Gasteiger partial charge on any atom is -0.477 e. The van der Waals surface area contributed by atoms with Crippen LogP contribution < -0.4 is 16.0 Å². The van der Waals surface area contributed by atoms with Crippen LogP contribution >= 0.6 is 34.9 Å². The van der Waals surface area contributed by atoms with Crippen LogP contribution in [0.2, 0.25) is 0 Å². The van der Waals surface area contributed by atoms with Gasteiger partial charge in [0.2, 0.25) is 5.91 Å². The summed E-state index contributed by atoms with van der Waals surface area (Å²) in [6, 6.07) is 1.10. The summed E-state index contributed by atoms with van der Waals surface area (Å²) in [5.74, 6) is -1.52. The van der Waals surface area contributed by atoms with E-state index in [1.165, 1.54) is 46.0 Å². The van der Waals surface area contributed by atoms with E-state index in [0.29, 0.717) is 33.5 Å². The lowest BCUT2D eigenvalue weighted by molar-refractivity contribution is -0.150. The highest BCUT2D eigenvalue weighted by atomic mass is 32.2. The quantitative estimate of drug-likeness (QED) is 0.235. The van der Waals surface area contributed by atoms with Gasteiger partial charge < -0.3 is 21.1 Å². The highest BCUT2D eigenvalue weighted by Gasteiger charge is 2.54. The van der Waals surface area contributed by atoms with Gasteiger partial charge in [0.15, 0.2) is 0 Å². The number of rotatable bonds is 9. The van der Waals surface area contributed by atoms with E-state index in [-0.39, 0.29) is 5.70 Å². The zero-order valence-corrected chi connectivity index (χ0v) is 20.3. The number of thiophene rings is 1. The molecule has 5 N–H and O–H groups in total. The Morgan fingerprint density at radius 1 is 1.41 bits per heavy atom. The number of thioether (sulfide) groups is 2. The Balaban J connectivity index is 1.47. The largest absolute Gasteiger partial charge is 0.477 e. The van der Waals surface area contributed by atoms with Gasteiger partial charge in [0.1, 0.15) is 28.2 Å². The number of urea groups is 1. The zero-order valence-electron chi connectivity index (χ0n) is 17.8. The van der Waals surface area contributed by atoms with Crippen molar-refractivity contribution in [3.63, 3.8) is 0 Å². The maximum absolute atomic E-state index is 13.0. The lowest BCUT2D eigenvalue weighted by Gasteiger charge is -2.49. The van der Waals surface area contributed by atoms with E-state index < -0.39 is 41.3 Å². The molecule has 1 saturated heterocycles. The molecule has 2 aliphatic rings. The molecule has 4 rings (SSSR count). The van der Waals surface area contributed by atoms with Gasteiger partial charge in [0.05, 0.1) is 6.20 Å². The first kappa shape index (κ1) is 24.1. The molecular formula is C19H21N7O5S3. The number of aromatic nitrogens is 3. The second-order valence-corrected chi connectivity index (χ2v) is 10.3. The van der Waals surface area contributed by atoms with Gasteiger partial charge in [-0.2, -0.15) is 10.3 Å². The van der Waals surface area contributed by atoms with Crippen LogP contribution in [0.3, 0.4) is 0 Å². The minimum atomic E-state index is -1.20. The number of amides is 4. The van der Waals surface area contributed by atoms with Crippen LogP contribution in [0.4, 0.5) is 4.79 Å². The Morgan fingerprint density at radius 3 is 2.88 bits per heavy atom. The summed E-state index contributed by atoms with van der Waals surface area (Å²) in [4.78, 5) is 51.9. The highest BCUT2D eigenvalue weighted by molar-refractivity contribution is 8.01. The maximum Gasteiger partial charge on any atom is 0.352 e. The molecule has 15 heteroatoms. The van der Waals surface area contributed by atoms with Gasteiger partial charge in [-0.05, 0) is 23.9 Å². The molecule has 180 valence electrons. The molecule has 2 aromatic rings. The van der Waals surface area contributed by atoms with Gasteiger partial charge >= 0.3 is 12.0 Å². The lowest BCUT2D eigenvalue weighted by Crippen LogP contribution is -2.71. The van der Waals surface area contributed by atoms with Crippen LogP contribution in [0.5, 0.6) is 0 Å². The second kappa shape index (κ2) is 10.5. The molecule has 1 fully saturated rings. The van der Waals surface area contributed by atoms with Crippen molar-refractivity contribution in [2.45, 2.75) is 29.4 Å². The Bertz CT molecular complexity index is 1110. The van der Waals surface area contributed by atoms with Gasteiger partial charge in [-0.25, -0.2) is 9.59 Å². The molecule has 2 aliphatic heterocycles. The molecule has 4 amide bonds. The number of nitrogens with one attached hydrogen (secondary N) is 4. The Morgan fingerprint density at radius 2 is 2.24 bits per heavy atom. The van der Waals surface area contributed by atoms with E-state index in [4.69, 9.17) is 0 Å². The van der Waals surface area contributed by atoms with Crippen LogP contribution in [0, 0.1) is 0 Å². The molecule has 0 aromatic carbocycles. The van der Waals surface area contributed by atoms with Crippen LogP contribution in [0.25, 0.3) is 0 Å². The zero-order chi connectivity index (χ0) is 24.2. The Kier molecular flexibility index (Phi) is 7.43. The van der Waals surface area contributed by atoms with E-state index in [1.807, 2.05) is 0 Å². The lowest BCUT2D eigenvalue weighted by atomic mass is 10.0. The number of nitrogens with zero attached hydrogens (tertiary/aromatic N) is 3. The van der Waals surface area contributed by atoms with Crippen LogP contribution in [0.1, 0.15) is 17.8 Å². The van der Waals surface area contributed by atoms with Crippen molar-refractivity contribution in [2.24, 2.45) is 0 Å². The van der Waals surface area contributed by atoms with Crippen molar-refractivity contribution < 1.29 is 24.3 Å². The van der Waals surface area contributed by atoms with Crippen LogP contribution in [0.15, 0.2) is 40.0 Å². The van der Waals surface area contributed by atoms with Crippen LogP contribution in [-0.2, 0) is 14.4 Å². The number of hydrogen-bond donors (Lipinski definition) is 5. The smallest absolute Gasteiger partial charge is 0.352 e. The maximum atomic E-state index is 13.0. The van der Waals surface area contributed by atoms with Crippen molar-refractivity contribution in [3.05, 3.63) is 39.9 Å². The topological polar surface area (TPSA) is 169 Å². The third kappa shape index (κ3) is 4.90. The number of hydrogen-bond acceptors (Lipinski definition) is 9. The van der Waals surface area contributed by atoms with Crippen molar-refractivity contribution in [2.75, 3.05) is 18.1 Å². The van der Waals surface area contributed by atoms with E-state index in [2.05, 4.69) is 31.4 Å². The fourth-order valence-corrected chi connectivity index (χ4v) is 6.56. The first-order valence-electron chi connectivity index (χ1n) is 10.2. The molecule has 0 saturated carbocycles. The number of aromatic amines is 1. The Hall–Kier alpha value is -3.04. The highest BCUT2D eigenvalue weighted by Crippen LogP contribution is 2.41. The summed E-state index contributed by atoms with van der Waals surface area (Å²) in [5, 5.41) is 29.7. The SMILES string of the molecule is CCNC(=O)NC(C(=O)N[C@@H]1C(=O)N2C(C(=O)O)=C(CSc3cn[nH]n3)CSC12)c1cccs1. The molecular weight excluding hydrogens is 502 g/mol. The third-order valence-electron chi connectivity index (χ3n) is 5.04. The fraction of sp³-hybridized carbons (Fsp3) is 0.368. The molecule has 4 heterocycles. The average Bonchev–Trinajstić information content (AvgIpc) is 3.53. The van der Waals surface area contributed by atoms with Crippen molar-refractivity contribution in [3.8, 4) is 0 Å². The number of H-pyrrole nitrogens is 1. The summed E-state index contributed by atoms with van der Waals surface area (Å²) in [5.41, 5.74) is 0.528. The van der Waals surface area contributed by atoms with Gasteiger partial charge in [0, 0.05) is 22.9 Å². The summed E-state index contributed by atoms with van der Waals surface area (Å²) in [7, 11) is 0. The molecule has 3 atom stereocenters. The first-order valence-corrected chi connectivity index (χ1v) is 13.1. The molecule has 0 bridgehead atoms. The number of fused-ring (bicyclic) bond motifs is 1. The standard InChI is InChI=1S/C19H21N7O5S3/c1-2-20-19(31)23-12(10-4-3-5-32-10)15(27)22-13-16(28)26-14(18(29)30)9(8-34-17(13)26)7-33-11-6-21-25-24-11/h3-6,12-13,17H,2,7-8H2,1H3,(H,22,27)(H,29,30)(H2,20,23,31)(H,21,24,25)/t12?,13-,17?/m1/s1. The number of carboxylic acid groups (broad SMARTS) is 1. The predicted octanol–water partition coefficient (Wildman–Crippen LogP) is 0.757. The number of aliphatic carboxylic acids is 1. The third-order valence-corrected chi connectivity index (χ3v) is 8.30. The molecule has 12 nitrogen and oxygen atoms in total. The molecule has 0 spiro atoms. The van der Waals surface area contributed by atoms with Crippen molar-refractivity contribution in [1.29, 1.82) is 0 Å². The van der Waals surface area contributed by atoms with Crippen LogP contribution in [-0.4, -0.2) is 78.7 Å². The number of carbonyl (C=O) groups excluding carboxylic acids is 3. The van der Waals surface area contributed by atoms with E-state index in [1.54, 1.807) is 24.4 Å². The van der Waals surface area contributed by atoms with E-state index >= 15 is 0 Å². The summed E-state index contributed by atoms with van der Waals surface area (Å²) in [6.07, 6.45) is 1.53. The molecule has 0 radical (unpaired) electrons. The van der Waals surface area contributed by atoms with Gasteiger partial charge in [-0.1, -0.05) is 17.8 Å². The molecule has 34 heavy (non-hydrogen) atoms. The fourth-order valence-electron chi connectivity index (χ4n) is 3.52. The van der Waals surface area contributed by atoms with E-state index in [9.17, 15) is 24.3 Å². The molecule has 2 aromatic heterocycles. The van der Waals surface area contributed by atoms with Gasteiger partial charge in [-0.3, -0.25) is 14.5 Å². The average molecular weight is 524 g/mol. The van der Waals surface area contributed by atoms with Gasteiger partial charge in [-0.15, -0.1) is 28.2 Å². The van der Waals surface area contributed by atoms with Crippen molar-refractivity contribution in [1.82, 2.24) is 36.3 Å². The number of β-lactam (4-membered cyclic amide) rings is 1. The number of carboxylic acids is 1. The monoisotopic (exact) mass is 523 g/mol. The normalized spacial score (nSPS) is 20.3. The molecule has 0 aliphatic carbocycles. The first-order chi connectivity index (χ1) is 16.4. The summed E-state index contributed by atoms with van der Waals surface area (Å²) >= 11 is 4.00. The Labute approximate surface area is 206 Å². The summed E-state index contributed by atoms with van der Waals surface area (Å²) < 4.78 is 0. The van der Waals surface area contributed by atoms with Gasteiger partial charge in [0.25, 0.3) is 5.91 Å². The minimum absolute atomic E-state index is 0.0644. The summed E-state index contributed by atoms with van der Waals surface area (Å²) in [6.45, 7) is 2.15. The van der Waals surface area contributed by atoms with E-state index in [0.717, 1.165) is 0 Å². The van der Waals surface area contributed by atoms with Crippen molar-refractivity contribution >= 4 is 58.7 Å². The predicted molar refractivity (Wildman–Crippen MR) is 126 cm³/mol. The second-order valence-electron chi connectivity index (χ2n) is 7.20. The molecule has 2 unspecified atom stereocenters. The number of carbonyl (C=O) groups is 4.